The van der Waals surface area contributed by atoms with E-state index >= 15 is 0 Å². The molecule has 5 rings (SSSR count). The number of halogens is 2. The van der Waals surface area contributed by atoms with Gasteiger partial charge in [-0.15, -0.1) is 0 Å². The van der Waals surface area contributed by atoms with Crippen molar-refractivity contribution in [3.8, 4) is 17.0 Å². The Morgan fingerprint density at radius 1 is 1.34 bits per heavy atom. The zero-order valence-corrected chi connectivity index (χ0v) is 17.9. The molecule has 0 atom stereocenters. The monoisotopic (exact) mass is 443 g/mol. The first-order valence-electron chi connectivity index (χ1n) is 10.3. The summed E-state index contributed by atoms with van der Waals surface area (Å²) in [6, 6.07) is 1.88. The number of aliphatic hydroxyl groups is 1. The first-order valence-corrected chi connectivity index (χ1v) is 10.3. The molecular weight excluding hydrogens is 420 g/mol. The van der Waals surface area contributed by atoms with Crippen LogP contribution in [0.25, 0.3) is 33.3 Å². The highest BCUT2D eigenvalue weighted by Crippen LogP contribution is 2.37. The van der Waals surface area contributed by atoms with Crippen molar-refractivity contribution >= 4 is 28.1 Å². The number of methoxy groups -OCH3 is 1. The molecule has 0 bridgehead atoms. The smallest absolute Gasteiger partial charge is 0.256 e. The predicted molar refractivity (Wildman–Crippen MR) is 115 cm³/mol. The topological polar surface area (TPSA) is 114 Å². The second kappa shape index (κ2) is 7.37. The fraction of sp³-hybridized carbons (Fsp3) is 0.429. The van der Waals surface area contributed by atoms with Crippen molar-refractivity contribution in [3.05, 3.63) is 24.3 Å². The number of aryl methyl sites for hydroxylation is 1. The Balaban J connectivity index is 1.55. The molecule has 1 fully saturated rings. The largest absolute Gasteiger partial charge is 0.480 e. The van der Waals surface area contributed by atoms with Crippen LogP contribution in [-0.2, 0) is 6.54 Å². The number of anilines is 1. The van der Waals surface area contributed by atoms with Crippen LogP contribution in [0.3, 0.4) is 0 Å². The highest BCUT2D eigenvalue weighted by molar-refractivity contribution is 5.98. The van der Waals surface area contributed by atoms with E-state index in [-0.39, 0.29) is 6.04 Å². The Morgan fingerprint density at radius 2 is 2.12 bits per heavy atom. The summed E-state index contributed by atoms with van der Waals surface area (Å²) in [6.07, 6.45) is 2.14. The van der Waals surface area contributed by atoms with Gasteiger partial charge in [-0.25, -0.2) is 18.7 Å². The first kappa shape index (κ1) is 20.6. The van der Waals surface area contributed by atoms with Gasteiger partial charge in [-0.2, -0.15) is 9.97 Å². The number of pyridine rings is 1. The lowest BCUT2D eigenvalue weighted by Crippen LogP contribution is -2.48. The minimum Gasteiger partial charge on any atom is -0.480 e. The van der Waals surface area contributed by atoms with Gasteiger partial charge in [0.05, 0.1) is 30.2 Å². The Labute approximate surface area is 181 Å². The lowest BCUT2D eigenvalue weighted by molar-refractivity contribution is -0.0236. The van der Waals surface area contributed by atoms with Gasteiger partial charge in [0, 0.05) is 29.6 Å². The van der Waals surface area contributed by atoms with Crippen LogP contribution in [0, 0.1) is 6.92 Å². The summed E-state index contributed by atoms with van der Waals surface area (Å²) in [6.45, 7) is 3.03. The Kier molecular flexibility index (Phi) is 4.73. The van der Waals surface area contributed by atoms with Crippen molar-refractivity contribution < 1.29 is 18.6 Å². The van der Waals surface area contributed by atoms with Gasteiger partial charge in [0.25, 0.3) is 6.43 Å². The van der Waals surface area contributed by atoms with Gasteiger partial charge in [-0.3, -0.25) is 0 Å². The molecule has 4 aromatic heterocycles. The minimum atomic E-state index is -2.50. The molecule has 0 aliphatic heterocycles. The summed E-state index contributed by atoms with van der Waals surface area (Å²) in [5.74, 6) is 1.26. The number of imidazole rings is 1. The summed E-state index contributed by atoms with van der Waals surface area (Å²) in [4.78, 5) is 20.8. The Morgan fingerprint density at radius 3 is 2.81 bits per heavy atom. The van der Waals surface area contributed by atoms with Crippen LogP contribution in [0.2, 0.25) is 0 Å². The highest BCUT2D eigenvalue weighted by Gasteiger charge is 2.38. The number of aromatic nitrogens is 6. The molecule has 168 valence electrons. The van der Waals surface area contributed by atoms with E-state index in [2.05, 4.69) is 30.2 Å². The Bertz CT molecular complexity index is 1310. The molecule has 32 heavy (non-hydrogen) atoms. The fourth-order valence-corrected chi connectivity index (χ4v) is 4.36. The molecule has 0 amide bonds. The average Bonchev–Trinajstić information content (AvgIpc) is 3.26. The highest BCUT2D eigenvalue weighted by atomic mass is 19.3. The fourth-order valence-electron chi connectivity index (χ4n) is 4.36. The number of ether oxygens (including phenoxy) is 1. The van der Waals surface area contributed by atoms with Gasteiger partial charge in [-0.05, 0) is 32.8 Å². The van der Waals surface area contributed by atoms with Gasteiger partial charge < -0.3 is 24.7 Å². The van der Waals surface area contributed by atoms with Crippen LogP contribution in [0.15, 0.2) is 18.5 Å². The van der Waals surface area contributed by atoms with Crippen LogP contribution in [0.4, 0.5) is 14.7 Å². The quantitative estimate of drug-likeness (QED) is 0.419. The maximum Gasteiger partial charge on any atom is 0.256 e. The average molecular weight is 443 g/mol. The molecule has 11 heteroatoms. The van der Waals surface area contributed by atoms with Crippen LogP contribution in [0.5, 0.6) is 5.88 Å². The number of hydrogen-bond acceptors (Lipinski definition) is 7. The molecular formula is C21H23F2N7O2. The number of nitrogens with one attached hydrogen (secondary N) is 2. The SMILES string of the molecule is COc1nc(N[C@H]2C[C@@](C)(O)C2)nc2[nH]cc(-c3cnc4nc(C)n(CC(F)F)c4c3)c12. The van der Waals surface area contributed by atoms with Crippen molar-refractivity contribution in [2.45, 2.75) is 51.3 Å². The maximum atomic E-state index is 13.1. The van der Waals surface area contributed by atoms with Gasteiger partial charge >= 0.3 is 0 Å². The number of fused-ring (bicyclic) bond motifs is 2. The van der Waals surface area contributed by atoms with E-state index in [1.165, 1.54) is 11.7 Å². The van der Waals surface area contributed by atoms with E-state index in [0.29, 0.717) is 58.3 Å². The van der Waals surface area contributed by atoms with E-state index in [4.69, 9.17) is 4.74 Å². The molecule has 0 unspecified atom stereocenters. The number of rotatable bonds is 6. The molecule has 1 saturated carbocycles. The summed E-state index contributed by atoms with van der Waals surface area (Å²) >= 11 is 0. The molecule has 1 aliphatic rings. The maximum absolute atomic E-state index is 13.1. The van der Waals surface area contributed by atoms with Gasteiger partial charge in [0.2, 0.25) is 11.8 Å². The van der Waals surface area contributed by atoms with Crippen molar-refractivity contribution in [1.29, 1.82) is 0 Å². The zero-order chi connectivity index (χ0) is 22.6. The lowest BCUT2D eigenvalue weighted by Gasteiger charge is -2.41. The molecule has 0 aromatic carbocycles. The first-order chi connectivity index (χ1) is 15.2. The van der Waals surface area contributed by atoms with Crippen LogP contribution < -0.4 is 10.1 Å². The molecule has 3 N–H and O–H groups in total. The van der Waals surface area contributed by atoms with E-state index in [0.717, 1.165) is 5.56 Å². The van der Waals surface area contributed by atoms with Crippen LogP contribution >= 0.6 is 0 Å². The number of hydrogen-bond donors (Lipinski definition) is 3. The third kappa shape index (κ3) is 3.52. The summed E-state index contributed by atoms with van der Waals surface area (Å²) in [7, 11) is 1.53. The second-order valence-corrected chi connectivity index (χ2v) is 8.46. The zero-order valence-electron chi connectivity index (χ0n) is 17.9. The standard InChI is InChI=1S/C21H23F2N7O2/c1-10-26-17-14(30(10)9-15(22)23)4-11(7-24-17)13-8-25-18-16(13)19(32-3)29-20(28-18)27-12-5-21(2,31)6-12/h4,7-8,12,15,31H,5-6,9H2,1-3H3,(H2,25,27,28,29)/t12-,21+. The third-order valence-electron chi connectivity index (χ3n) is 5.83. The van der Waals surface area contributed by atoms with Crippen molar-refractivity contribution in [2.75, 3.05) is 12.4 Å². The third-order valence-corrected chi connectivity index (χ3v) is 5.83. The summed E-state index contributed by atoms with van der Waals surface area (Å²) in [5, 5.41) is 13.8. The van der Waals surface area contributed by atoms with Crippen molar-refractivity contribution in [2.24, 2.45) is 0 Å². The molecule has 0 spiro atoms. The van der Waals surface area contributed by atoms with Gasteiger partial charge in [0.15, 0.2) is 5.65 Å². The molecule has 0 radical (unpaired) electrons. The molecule has 4 aromatic rings. The molecule has 4 heterocycles. The summed E-state index contributed by atoms with van der Waals surface area (Å²) < 4.78 is 33.1. The predicted octanol–water partition coefficient (Wildman–Crippen LogP) is 3.28. The van der Waals surface area contributed by atoms with Gasteiger partial charge in [0.1, 0.15) is 11.5 Å². The summed E-state index contributed by atoms with van der Waals surface area (Å²) in [5.41, 5.74) is 2.30. The van der Waals surface area contributed by atoms with Gasteiger partial charge in [-0.1, -0.05) is 0 Å². The van der Waals surface area contributed by atoms with Crippen molar-refractivity contribution in [1.82, 2.24) is 29.5 Å². The second-order valence-electron chi connectivity index (χ2n) is 8.46. The number of alkyl halides is 2. The number of H-pyrrole nitrogens is 1. The van der Waals surface area contributed by atoms with E-state index in [1.54, 1.807) is 32.3 Å². The van der Waals surface area contributed by atoms with Crippen LogP contribution in [-0.4, -0.2) is 59.8 Å². The van der Waals surface area contributed by atoms with Crippen LogP contribution in [0.1, 0.15) is 25.6 Å². The molecule has 0 saturated heterocycles. The normalized spacial score (nSPS) is 20.8. The lowest BCUT2D eigenvalue weighted by atomic mass is 9.77. The Hall–Kier alpha value is -3.34. The minimum absolute atomic E-state index is 0.0894. The molecule has 9 nitrogen and oxygen atoms in total. The number of aromatic amines is 1. The van der Waals surface area contributed by atoms with E-state index < -0.39 is 18.6 Å². The van der Waals surface area contributed by atoms with E-state index in [1.807, 2.05) is 0 Å². The van der Waals surface area contributed by atoms with Crippen molar-refractivity contribution in [3.63, 3.8) is 0 Å². The number of nitrogens with zero attached hydrogens (tertiary/aromatic N) is 5. The molecule has 1 aliphatic carbocycles. The van der Waals surface area contributed by atoms with E-state index in [9.17, 15) is 13.9 Å².